The molecule has 0 spiro atoms. The fourth-order valence-corrected chi connectivity index (χ4v) is 6.29. The third-order valence-electron chi connectivity index (χ3n) is 8.79. The predicted octanol–water partition coefficient (Wildman–Crippen LogP) is 6.81. The summed E-state index contributed by atoms with van der Waals surface area (Å²) < 4.78 is 10.9. The molecular formula is C39H42N2O5. The van der Waals surface area contributed by atoms with E-state index in [0.29, 0.717) is 11.5 Å². The zero-order chi connectivity index (χ0) is 32.5. The van der Waals surface area contributed by atoms with Crippen LogP contribution in [0.3, 0.4) is 0 Å². The molecule has 46 heavy (non-hydrogen) atoms. The third kappa shape index (κ3) is 7.65. The minimum atomic E-state index is -0.910. The average molecular weight is 619 g/mol. The second-order valence-corrected chi connectivity index (χ2v) is 11.8. The number of nitrogens with one attached hydrogen (secondary N) is 1. The molecule has 0 saturated carbocycles. The Kier molecular flexibility index (Phi) is 10.9. The number of aryl methyl sites for hydroxylation is 2. The first kappa shape index (κ1) is 32.5. The van der Waals surface area contributed by atoms with Gasteiger partial charge in [-0.05, 0) is 79.8 Å². The molecule has 0 aliphatic carbocycles. The summed E-state index contributed by atoms with van der Waals surface area (Å²) in [6, 6.07) is 30.3. The maximum atomic E-state index is 14.1. The van der Waals surface area contributed by atoms with Crippen LogP contribution in [-0.2, 0) is 29.0 Å². The Morgan fingerprint density at radius 2 is 1.30 bits per heavy atom. The Morgan fingerprint density at radius 1 is 0.783 bits per heavy atom. The zero-order valence-electron chi connectivity index (χ0n) is 26.8. The SMILES string of the molecule is COc1cc(C(=O)C(=O)N2Cc3ccccc3C2C(=O)NC(CCCc2ccccc2)CCCc2ccccc2)cc(OC)c1C. The number of hydrogen-bond acceptors (Lipinski definition) is 5. The van der Waals surface area contributed by atoms with E-state index >= 15 is 0 Å². The van der Waals surface area contributed by atoms with E-state index in [1.54, 1.807) is 12.1 Å². The lowest BCUT2D eigenvalue weighted by molar-refractivity contribution is -0.137. The molecule has 5 rings (SSSR count). The molecule has 1 aliphatic heterocycles. The molecule has 1 N–H and O–H groups in total. The summed E-state index contributed by atoms with van der Waals surface area (Å²) in [5.74, 6) is -0.834. The Morgan fingerprint density at radius 3 is 1.85 bits per heavy atom. The number of Topliss-reactive ketones (excluding diaryl/α,β-unsaturated/α-hetero) is 1. The summed E-state index contributed by atoms with van der Waals surface area (Å²) in [4.78, 5) is 43.1. The summed E-state index contributed by atoms with van der Waals surface area (Å²) in [5.41, 5.74) is 5.01. The van der Waals surface area contributed by atoms with E-state index in [0.717, 1.165) is 55.2 Å². The number of carbonyl (C=O) groups is 3. The van der Waals surface area contributed by atoms with Crippen molar-refractivity contribution in [2.75, 3.05) is 14.2 Å². The Balaban J connectivity index is 1.35. The van der Waals surface area contributed by atoms with Crippen molar-refractivity contribution < 1.29 is 23.9 Å². The molecule has 238 valence electrons. The smallest absolute Gasteiger partial charge is 0.296 e. The summed E-state index contributed by atoms with van der Waals surface area (Å²) in [6.45, 7) is 1.99. The van der Waals surface area contributed by atoms with Crippen LogP contribution in [0.5, 0.6) is 11.5 Å². The quantitative estimate of drug-likeness (QED) is 0.124. The molecule has 0 radical (unpaired) electrons. The van der Waals surface area contributed by atoms with Crippen molar-refractivity contribution in [1.82, 2.24) is 10.2 Å². The molecule has 0 saturated heterocycles. The van der Waals surface area contributed by atoms with Crippen LogP contribution in [-0.4, -0.2) is 42.8 Å². The molecule has 0 fully saturated rings. The minimum absolute atomic E-state index is 0.0778. The first-order valence-corrected chi connectivity index (χ1v) is 15.9. The fourth-order valence-electron chi connectivity index (χ4n) is 6.29. The maximum Gasteiger partial charge on any atom is 0.296 e. The minimum Gasteiger partial charge on any atom is -0.496 e. The number of carbonyl (C=O) groups excluding carboxylic acids is 3. The van der Waals surface area contributed by atoms with Crippen molar-refractivity contribution in [1.29, 1.82) is 0 Å². The highest BCUT2D eigenvalue weighted by atomic mass is 16.5. The molecule has 7 nitrogen and oxygen atoms in total. The van der Waals surface area contributed by atoms with E-state index in [4.69, 9.17) is 9.47 Å². The van der Waals surface area contributed by atoms with Crippen LogP contribution in [0.2, 0.25) is 0 Å². The summed E-state index contributed by atoms with van der Waals surface area (Å²) in [6.07, 6.45) is 5.28. The lowest BCUT2D eigenvalue weighted by atomic mass is 9.98. The molecule has 7 heteroatoms. The third-order valence-corrected chi connectivity index (χ3v) is 8.79. The number of ether oxygens (including phenoxy) is 2. The standard InChI is InChI=1S/C39H42N2O5/c1-27-34(45-2)24-31(25-35(27)46-3)37(42)39(44)41-26-30-20-10-11-23-33(30)36(41)38(43)40-32(21-12-18-28-14-6-4-7-15-28)22-13-19-29-16-8-5-9-17-29/h4-11,14-17,20,23-25,32,36H,12-13,18-19,21-22,26H2,1-3H3,(H,40,43). The van der Waals surface area contributed by atoms with Gasteiger partial charge in [-0.25, -0.2) is 0 Å². The van der Waals surface area contributed by atoms with E-state index in [2.05, 4.69) is 29.6 Å². The number of benzene rings is 4. The first-order chi connectivity index (χ1) is 22.4. The van der Waals surface area contributed by atoms with E-state index in [1.165, 1.54) is 30.2 Å². The monoisotopic (exact) mass is 618 g/mol. The first-order valence-electron chi connectivity index (χ1n) is 15.9. The zero-order valence-corrected chi connectivity index (χ0v) is 26.8. The van der Waals surface area contributed by atoms with Crippen molar-refractivity contribution in [2.24, 2.45) is 0 Å². The van der Waals surface area contributed by atoms with Crippen molar-refractivity contribution in [2.45, 2.75) is 64.1 Å². The van der Waals surface area contributed by atoms with Crippen LogP contribution in [0, 0.1) is 6.92 Å². The summed E-state index contributed by atoms with van der Waals surface area (Å²) in [5, 5.41) is 3.30. The Labute approximate surface area is 271 Å². The average Bonchev–Trinajstić information content (AvgIpc) is 3.48. The molecule has 1 aliphatic rings. The van der Waals surface area contributed by atoms with Gasteiger partial charge in [-0.2, -0.15) is 0 Å². The van der Waals surface area contributed by atoms with E-state index in [9.17, 15) is 14.4 Å². The molecule has 0 bridgehead atoms. The van der Waals surface area contributed by atoms with Gasteiger partial charge in [0.2, 0.25) is 5.91 Å². The topological polar surface area (TPSA) is 84.9 Å². The maximum absolute atomic E-state index is 14.1. The number of nitrogens with zero attached hydrogens (tertiary/aromatic N) is 1. The number of hydrogen-bond donors (Lipinski definition) is 1. The van der Waals surface area contributed by atoms with Gasteiger partial charge < -0.3 is 19.7 Å². The lowest BCUT2D eigenvalue weighted by Crippen LogP contribution is -2.45. The van der Waals surface area contributed by atoms with Crippen LogP contribution in [0.15, 0.2) is 97.1 Å². The van der Waals surface area contributed by atoms with Gasteiger partial charge in [0.05, 0.1) is 14.2 Å². The van der Waals surface area contributed by atoms with E-state index in [1.807, 2.05) is 67.6 Å². The molecule has 1 unspecified atom stereocenters. The largest absolute Gasteiger partial charge is 0.496 e. The fraction of sp³-hybridized carbons (Fsp3) is 0.308. The molecule has 0 aromatic heterocycles. The molecule has 1 heterocycles. The van der Waals surface area contributed by atoms with Gasteiger partial charge >= 0.3 is 0 Å². The van der Waals surface area contributed by atoms with Crippen molar-refractivity contribution in [3.8, 4) is 11.5 Å². The summed E-state index contributed by atoms with van der Waals surface area (Å²) >= 11 is 0. The van der Waals surface area contributed by atoms with Gasteiger partial charge in [0.1, 0.15) is 17.5 Å². The van der Waals surface area contributed by atoms with Crippen LogP contribution >= 0.6 is 0 Å². The lowest BCUT2D eigenvalue weighted by Gasteiger charge is -2.27. The van der Waals surface area contributed by atoms with E-state index < -0.39 is 17.7 Å². The molecule has 1 atom stereocenters. The van der Waals surface area contributed by atoms with Crippen LogP contribution in [0.4, 0.5) is 0 Å². The second kappa shape index (κ2) is 15.4. The van der Waals surface area contributed by atoms with Gasteiger partial charge in [-0.3, -0.25) is 14.4 Å². The number of fused-ring (bicyclic) bond motifs is 1. The van der Waals surface area contributed by atoms with Crippen LogP contribution in [0.25, 0.3) is 0 Å². The van der Waals surface area contributed by atoms with Gasteiger partial charge in [-0.15, -0.1) is 0 Å². The molecule has 4 aromatic carbocycles. The number of ketones is 1. The van der Waals surface area contributed by atoms with Crippen molar-refractivity contribution in [3.63, 3.8) is 0 Å². The van der Waals surface area contributed by atoms with Gasteiger partial charge in [-0.1, -0.05) is 84.9 Å². The van der Waals surface area contributed by atoms with Crippen LogP contribution in [0.1, 0.15) is 69.9 Å². The Bertz CT molecular complexity index is 1580. The van der Waals surface area contributed by atoms with Crippen LogP contribution < -0.4 is 14.8 Å². The summed E-state index contributed by atoms with van der Waals surface area (Å²) in [7, 11) is 3.01. The van der Waals surface area contributed by atoms with Gasteiger partial charge in [0.15, 0.2) is 0 Å². The highest BCUT2D eigenvalue weighted by molar-refractivity contribution is 6.43. The Hall–Kier alpha value is -4.91. The molecular weight excluding hydrogens is 576 g/mol. The molecule has 4 aromatic rings. The normalized spacial score (nSPS) is 13.7. The predicted molar refractivity (Wildman–Crippen MR) is 179 cm³/mol. The van der Waals surface area contributed by atoms with E-state index in [-0.39, 0.29) is 24.1 Å². The van der Waals surface area contributed by atoms with Gasteiger partial charge in [0.25, 0.3) is 11.7 Å². The number of methoxy groups -OCH3 is 2. The number of amides is 2. The number of rotatable bonds is 14. The van der Waals surface area contributed by atoms with Gasteiger partial charge in [0, 0.05) is 23.7 Å². The second-order valence-electron chi connectivity index (χ2n) is 11.8. The van der Waals surface area contributed by atoms with Crippen molar-refractivity contribution in [3.05, 3.63) is 130 Å². The highest BCUT2D eigenvalue weighted by Crippen LogP contribution is 2.36. The highest BCUT2D eigenvalue weighted by Gasteiger charge is 2.41. The molecule has 2 amide bonds. The van der Waals surface area contributed by atoms with Crippen molar-refractivity contribution >= 4 is 17.6 Å².